The number of hydrogen-bond donors (Lipinski definition) is 2. The highest BCUT2D eigenvalue weighted by atomic mass is 32.2. The van der Waals surface area contributed by atoms with Crippen molar-refractivity contribution in [1.82, 2.24) is 4.72 Å². The van der Waals surface area contributed by atoms with Crippen LogP contribution in [-0.2, 0) is 15.8 Å². The molecule has 0 amide bonds. The smallest absolute Gasteiger partial charge is 0.215 e. The van der Waals surface area contributed by atoms with Crippen LogP contribution in [0.1, 0.15) is 27.7 Å². The van der Waals surface area contributed by atoms with E-state index in [4.69, 9.17) is 0 Å². The van der Waals surface area contributed by atoms with Gasteiger partial charge in [0.05, 0.1) is 5.75 Å². The summed E-state index contributed by atoms with van der Waals surface area (Å²) in [5, 5.41) is 11.9. The Morgan fingerprint density at radius 2 is 2.05 bits per heavy atom. The van der Waals surface area contributed by atoms with Crippen LogP contribution in [0.3, 0.4) is 0 Å². The number of nitrogens with one attached hydrogen (secondary N) is 1. The highest BCUT2D eigenvalue weighted by Crippen LogP contribution is 2.23. The van der Waals surface area contributed by atoms with Crippen molar-refractivity contribution < 1.29 is 13.5 Å². The molecule has 0 bridgehead atoms. The van der Waals surface area contributed by atoms with Gasteiger partial charge in [-0.1, -0.05) is 29.8 Å². The van der Waals surface area contributed by atoms with Crippen molar-refractivity contribution in [2.75, 3.05) is 6.54 Å². The molecular weight excluding hydrogens is 306 g/mol. The second kappa shape index (κ2) is 6.70. The van der Waals surface area contributed by atoms with Crippen LogP contribution >= 0.6 is 11.3 Å². The predicted molar refractivity (Wildman–Crippen MR) is 85.8 cm³/mol. The lowest BCUT2D eigenvalue weighted by molar-refractivity contribution is 0.185. The van der Waals surface area contributed by atoms with Crippen LogP contribution in [0.2, 0.25) is 0 Å². The fraction of sp³-hybridized carbons (Fsp3) is 0.333. The lowest BCUT2D eigenvalue weighted by atomic mass is 10.2. The maximum atomic E-state index is 12.1. The van der Waals surface area contributed by atoms with Crippen LogP contribution in [0.25, 0.3) is 0 Å². The molecule has 0 saturated carbocycles. The number of hydrogen-bond acceptors (Lipinski definition) is 4. The molecule has 0 fully saturated rings. The number of aryl methyl sites for hydroxylation is 2. The average Bonchev–Trinajstić information content (AvgIpc) is 2.82. The van der Waals surface area contributed by atoms with E-state index in [0.717, 1.165) is 21.6 Å². The predicted octanol–water partition coefficient (Wildman–Crippen LogP) is 2.52. The van der Waals surface area contributed by atoms with Gasteiger partial charge in [0, 0.05) is 11.4 Å². The summed E-state index contributed by atoms with van der Waals surface area (Å²) in [5.41, 5.74) is 2.74. The second-order valence-corrected chi connectivity index (χ2v) is 7.83. The van der Waals surface area contributed by atoms with E-state index in [9.17, 15) is 13.5 Å². The molecule has 0 aliphatic heterocycles. The lowest BCUT2D eigenvalue weighted by Gasteiger charge is -2.12. The number of rotatable bonds is 6. The molecule has 1 unspecified atom stereocenters. The maximum Gasteiger partial charge on any atom is 0.215 e. The fourth-order valence-electron chi connectivity index (χ4n) is 2.10. The Morgan fingerprint density at radius 3 is 2.67 bits per heavy atom. The normalized spacial score (nSPS) is 13.3. The largest absolute Gasteiger partial charge is 0.386 e. The third kappa shape index (κ3) is 4.64. The van der Waals surface area contributed by atoms with E-state index < -0.39 is 16.1 Å². The Morgan fingerprint density at radius 1 is 1.29 bits per heavy atom. The van der Waals surface area contributed by atoms with Gasteiger partial charge in [-0.15, -0.1) is 11.3 Å². The van der Waals surface area contributed by atoms with Crippen LogP contribution in [0.4, 0.5) is 0 Å². The van der Waals surface area contributed by atoms with E-state index in [1.807, 2.05) is 43.5 Å². The average molecular weight is 325 g/mol. The van der Waals surface area contributed by atoms with Gasteiger partial charge in [0.2, 0.25) is 10.0 Å². The number of benzene rings is 1. The van der Waals surface area contributed by atoms with Gasteiger partial charge < -0.3 is 5.11 Å². The summed E-state index contributed by atoms with van der Waals surface area (Å²) >= 11 is 1.43. The zero-order valence-electron chi connectivity index (χ0n) is 12.0. The number of sulfonamides is 1. The third-order valence-electron chi connectivity index (χ3n) is 3.14. The van der Waals surface area contributed by atoms with Gasteiger partial charge in [0.15, 0.2) is 0 Å². The monoisotopic (exact) mass is 325 g/mol. The van der Waals surface area contributed by atoms with Crippen molar-refractivity contribution in [2.24, 2.45) is 0 Å². The van der Waals surface area contributed by atoms with Crippen molar-refractivity contribution in [3.63, 3.8) is 0 Å². The van der Waals surface area contributed by atoms with Crippen molar-refractivity contribution in [3.05, 3.63) is 57.3 Å². The molecule has 4 nitrogen and oxygen atoms in total. The molecule has 2 aromatic rings. The highest BCUT2D eigenvalue weighted by molar-refractivity contribution is 7.88. The summed E-state index contributed by atoms with van der Waals surface area (Å²) < 4.78 is 26.6. The van der Waals surface area contributed by atoms with Crippen molar-refractivity contribution in [1.29, 1.82) is 0 Å². The van der Waals surface area contributed by atoms with Crippen LogP contribution in [0.5, 0.6) is 0 Å². The first-order valence-corrected chi connectivity index (χ1v) is 9.15. The van der Waals surface area contributed by atoms with E-state index in [1.54, 1.807) is 6.07 Å². The van der Waals surface area contributed by atoms with E-state index in [1.165, 1.54) is 11.3 Å². The Balaban J connectivity index is 1.97. The number of aliphatic hydroxyl groups excluding tert-OH is 1. The number of thiophene rings is 1. The summed E-state index contributed by atoms with van der Waals surface area (Å²) in [7, 11) is -3.46. The third-order valence-corrected chi connectivity index (χ3v) is 5.58. The Labute approximate surface area is 129 Å². The van der Waals surface area contributed by atoms with E-state index in [-0.39, 0.29) is 12.3 Å². The zero-order chi connectivity index (χ0) is 15.5. The minimum atomic E-state index is -3.46. The Bertz CT molecular complexity index is 707. The second-order valence-electron chi connectivity index (χ2n) is 5.08. The maximum absolute atomic E-state index is 12.1. The first-order chi connectivity index (χ1) is 9.87. The van der Waals surface area contributed by atoms with Gasteiger partial charge in [-0.3, -0.25) is 0 Å². The first kappa shape index (κ1) is 16.2. The molecule has 6 heteroatoms. The van der Waals surface area contributed by atoms with Crippen LogP contribution in [0.15, 0.2) is 35.7 Å². The Kier molecular flexibility index (Phi) is 5.16. The summed E-state index contributed by atoms with van der Waals surface area (Å²) in [4.78, 5) is 0.799. The lowest BCUT2D eigenvalue weighted by Crippen LogP contribution is -2.29. The first-order valence-electron chi connectivity index (χ1n) is 6.62. The van der Waals surface area contributed by atoms with E-state index in [2.05, 4.69) is 4.72 Å². The molecule has 21 heavy (non-hydrogen) atoms. The molecule has 1 aromatic heterocycles. The minimum absolute atomic E-state index is 0.00446. The van der Waals surface area contributed by atoms with Crippen molar-refractivity contribution in [2.45, 2.75) is 25.7 Å². The summed E-state index contributed by atoms with van der Waals surface area (Å²) in [6.07, 6.45) is -0.808. The molecule has 114 valence electrons. The molecular formula is C15H19NO3S2. The quantitative estimate of drug-likeness (QED) is 0.857. The molecule has 0 saturated heterocycles. The minimum Gasteiger partial charge on any atom is -0.386 e. The van der Waals surface area contributed by atoms with Crippen molar-refractivity contribution >= 4 is 21.4 Å². The highest BCUT2D eigenvalue weighted by Gasteiger charge is 2.17. The van der Waals surface area contributed by atoms with Gasteiger partial charge in [-0.2, -0.15) is 0 Å². The van der Waals surface area contributed by atoms with E-state index in [0.29, 0.717) is 0 Å². The zero-order valence-corrected chi connectivity index (χ0v) is 13.7. The molecule has 2 rings (SSSR count). The van der Waals surface area contributed by atoms with Gasteiger partial charge in [-0.05, 0) is 36.4 Å². The molecule has 0 spiro atoms. The molecule has 0 aliphatic carbocycles. The van der Waals surface area contributed by atoms with Gasteiger partial charge in [0.25, 0.3) is 0 Å². The van der Waals surface area contributed by atoms with Gasteiger partial charge in [0.1, 0.15) is 6.10 Å². The Hall–Kier alpha value is -1.21. The van der Waals surface area contributed by atoms with Gasteiger partial charge in [-0.25, -0.2) is 13.1 Å². The van der Waals surface area contributed by atoms with Crippen molar-refractivity contribution in [3.8, 4) is 0 Å². The number of aliphatic hydroxyl groups is 1. The molecule has 1 atom stereocenters. The molecule has 1 aromatic carbocycles. The van der Waals surface area contributed by atoms with Crippen LogP contribution < -0.4 is 4.72 Å². The summed E-state index contributed by atoms with van der Waals surface area (Å²) in [6.45, 7) is 3.82. The van der Waals surface area contributed by atoms with Crippen LogP contribution in [0, 0.1) is 13.8 Å². The SMILES string of the molecule is Cc1cccc(CS(=O)(=O)NCC(O)c2sccc2C)c1. The van der Waals surface area contributed by atoms with Gasteiger partial charge >= 0.3 is 0 Å². The topological polar surface area (TPSA) is 66.4 Å². The van der Waals surface area contributed by atoms with Crippen LogP contribution in [-0.4, -0.2) is 20.1 Å². The molecule has 1 heterocycles. The van der Waals surface area contributed by atoms with E-state index >= 15 is 0 Å². The fourth-order valence-corrected chi connectivity index (χ4v) is 4.14. The molecule has 2 N–H and O–H groups in total. The summed E-state index contributed by atoms with van der Waals surface area (Å²) in [6, 6.07) is 9.30. The molecule has 0 radical (unpaired) electrons. The standard InChI is InChI=1S/C15H19NO3S2/c1-11-4-3-5-13(8-11)10-21(18,19)16-9-14(17)15-12(2)6-7-20-15/h3-8,14,16-17H,9-10H2,1-2H3. The molecule has 0 aliphatic rings. The summed E-state index contributed by atoms with van der Waals surface area (Å²) in [5.74, 6) is -0.0785.